The minimum absolute atomic E-state index is 0.290. The third-order valence-corrected chi connectivity index (χ3v) is 2.75. The van der Waals surface area contributed by atoms with E-state index < -0.39 is 0 Å². The highest BCUT2D eigenvalue weighted by Gasteiger charge is 2.25. The van der Waals surface area contributed by atoms with Gasteiger partial charge in [0.05, 0.1) is 6.61 Å². The molecule has 1 aliphatic rings. The van der Waals surface area contributed by atoms with Gasteiger partial charge in [0.2, 0.25) is 0 Å². The number of aliphatic hydroxyl groups is 1. The van der Waals surface area contributed by atoms with Crippen molar-refractivity contribution >= 4 is 0 Å². The van der Waals surface area contributed by atoms with Gasteiger partial charge in [-0.15, -0.1) is 6.58 Å². The lowest BCUT2D eigenvalue weighted by atomic mass is 9.97. The normalized spacial score (nSPS) is 31.8. The molecule has 0 amide bonds. The number of rotatable bonds is 3. The smallest absolute Gasteiger partial charge is 0.0587 e. The third-order valence-electron chi connectivity index (χ3n) is 2.75. The van der Waals surface area contributed by atoms with Gasteiger partial charge in [-0.05, 0) is 19.8 Å². The van der Waals surface area contributed by atoms with Gasteiger partial charge >= 0.3 is 0 Å². The van der Waals surface area contributed by atoms with E-state index in [2.05, 4.69) is 18.4 Å². The molecule has 0 saturated carbocycles. The Balaban J connectivity index is 2.52. The van der Waals surface area contributed by atoms with Gasteiger partial charge in [0.25, 0.3) is 0 Å². The van der Waals surface area contributed by atoms with Crippen molar-refractivity contribution in [3.8, 4) is 0 Å². The van der Waals surface area contributed by atoms with Crippen LogP contribution in [0.2, 0.25) is 0 Å². The summed E-state index contributed by atoms with van der Waals surface area (Å²) in [5.74, 6) is 0. The van der Waals surface area contributed by atoms with Crippen LogP contribution < -0.4 is 0 Å². The van der Waals surface area contributed by atoms with Crippen LogP contribution in [0.25, 0.3) is 0 Å². The maximum absolute atomic E-state index is 9.13. The van der Waals surface area contributed by atoms with E-state index >= 15 is 0 Å². The predicted molar refractivity (Wildman–Crippen MR) is 51.1 cm³/mol. The SMILES string of the molecule is C=CCN1C(C)CCCC1CO. The molecule has 0 bridgehead atoms. The maximum atomic E-state index is 9.13. The van der Waals surface area contributed by atoms with Crippen molar-refractivity contribution in [1.82, 2.24) is 4.90 Å². The number of likely N-dealkylation sites (tertiary alicyclic amines) is 1. The van der Waals surface area contributed by atoms with Crippen LogP contribution in [-0.4, -0.2) is 35.2 Å². The fourth-order valence-corrected chi connectivity index (χ4v) is 2.01. The van der Waals surface area contributed by atoms with E-state index in [0.29, 0.717) is 12.1 Å². The van der Waals surface area contributed by atoms with Crippen LogP contribution in [0.1, 0.15) is 26.2 Å². The van der Waals surface area contributed by atoms with Crippen molar-refractivity contribution in [2.75, 3.05) is 13.2 Å². The van der Waals surface area contributed by atoms with Crippen molar-refractivity contribution < 1.29 is 5.11 Å². The first-order valence-electron chi connectivity index (χ1n) is 4.77. The first-order chi connectivity index (χ1) is 5.79. The Morgan fingerprint density at radius 2 is 2.33 bits per heavy atom. The average molecular weight is 169 g/mol. The number of hydrogen-bond donors (Lipinski definition) is 1. The zero-order chi connectivity index (χ0) is 8.97. The van der Waals surface area contributed by atoms with E-state index in [1.165, 1.54) is 12.8 Å². The Kier molecular flexibility index (Phi) is 3.76. The third kappa shape index (κ3) is 2.08. The molecule has 2 unspecified atom stereocenters. The Morgan fingerprint density at radius 3 is 2.92 bits per heavy atom. The molecule has 0 spiro atoms. The molecule has 0 radical (unpaired) electrons. The fourth-order valence-electron chi connectivity index (χ4n) is 2.01. The van der Waals surface area contributed by atoms with E-state index in [9.17, 15) is 0 Å². The average Bonchev–Trinajstić information content (AvgIpc) is 2.09. The molecule has 0 aromatic carbocycles. The topological polar surface area (TPSA) is 23.5 Å². The molecule has 2 atom stereocenters. The van der Waals surface area contributed by atoms with Crippen LogP contribution >= 0.6 is 0 Å². The van der Waals surface area contributed by atoms with Gasteiger partial charge in [-0.2, -0.15) is 0 Å². The minimum atomic E-state index is 0.290. The van der Waals surface area contributed by atoms with Gasteiger partial charge in [0, 0.05) is 18.6 Å². The van der Waals surface area contributed by atoms with E-state index in [0.717, 1.165) is 13.0 Å². The molecule has 70 valence electrons. The van der Waals surface area contributed by atoms with Crippen molar-refractivity contribution in [2.24, 2.45) is 0 Å². The summed E-state index contributed by atoms with van der Waals surface area (Å²) in [6.07, 6.45) is 5.56. The first-order valence-corrected chi connectivity index (χ1v) is 4.77. The molecule has 1 N–H and O–H groups in total. The molecule has 2 nitrogen and oxygen atoms in total. The van der Waals surface area contributed by atoms with Crippen LogP contribution in [0.15, 0.2) is 12.7 Å². The minimum Gasteiger partial charge on any atom is -0.395 e. The molecule has 0 aromatic rings. The number of nitrogens with zero attached hydrogens (tertiary/aromatic N) is 1. The lowest BCUT2D eigenvalue weighted by molar-refractivity contribution is 0.0625. The summed E-state index contributed by atoms with van der Waals surface area (Å²) in [4.78, 5) is 2.34. The van der Waals surface area contributed by atoms with Crippen molar-refractivity contribution in [2.45, 2.75) is 38.3 Å². The molecule has 2 heteroatoms. The molecule has 1 aliphatic heterocycles. The monoisotopic (exact) mass is 169 g/mol. The van der Waals surface area contributed by atoms with Gasteiger partial charge < -0.3 is 5.11 Å². The molecule has 1 heterocycles. The van der Waals surface area contributed by atoms with Gasteiger partial charge in [0.1, 0.15) is 0 Å². The maximum Gasteiger partial charge on any atom is 0.0587 e. The van der Waals surface area contributed by atoms with E-state index in [4.69, 9.17) is 5.11 Å². The van der Waals surface area contributed by atoms with E-state index in [1.807, 2.05) is 6.08 Å². The summed E-state index contributed by atoms with van der Waals surface area (Å²) >= 11 is 0. The van der Waals surface area contributed by atoms with Gasteiger partial charge in [-0.3, -0.25) is 4.90 Å². The van der Waals surface area contributed by atoms with Crippen molar-refractivity contribution in [3.05, 3.63) is 12.7 Å². The molecule has 0 aliphatic carbocycles. The summed E-state index contributed by atoms with van der Waals surface area (Å²) < 4.78 is 0. The summed E-state index contributed by atoms with van der Waals surface area (Å²) in [6.45, 7) is 7.16. The standard InChI is InChI=1S/C10H19NO/c1-3-7-11-9(2)5-4-6-10(11)8-12/h3,9-10,12H,1,4-8H2,2H3. The van der Waals surface area contributed by atoms with E-state index in [1.54, 1.807) is 0 Å². The highest BCUT2D eigenvalue weighted by atomic mass is 16.3. The molecule has 1 rings (SSSR count). The summed E-state index contributed by atoms with van der Waals surface area (Å²) in [5, 5.41) is 9.13. The molecule has 1 fully saturated rings. The van der Waals surface area contributed by atoms with Crippen LogP contribution in [0, 0.1) is 0 Å². The Morgan fingerprint density at radius 1 is 1.58 bits per heavy atom. The largest absolute Gasteiger partial charge is 0.395 e. The highest BCUT2D eigenvalue weighted by Crippen LogP contribution is 2.21. The zero-order valence-electron chi connectivity index (χ0n) is 7.87. The van der Waals surface area contributed by atoms with Crippen molar-refractivity contribution in [1.29, 1.82) is 0 Å². The van der Waals surface area contributed by atoms with Gasteiger partial charge in [0.15, 0.2) is 0 Å². The number of hydrogen-bond acceptors (Lipinski definition) is 2. The Bertz CT molecular complexity index is 147. The van der Waals surface area contributed by atoms with Gasteiger partial charge in [-0.25, -0.2) is 0 Å². The Labute approximate surface area is 74.9 Å². The van der Waals surface area contributed by atoms with Crippen molar-refractivity contribution in [3.63, 3.8) is 0 Å². The Hall–Kier alpha value is -0.340. The second-order valence-corrected chi connectivity index (χ2v) is 3.60. The molecule has 1 saturated heterocycles. The van der Waals surface area contributed by atoms with Gasteiger partial charge in [-0.1, -0.05) is 12.5 Å². The lowest BCUT2D eigenvalue weighted by Crippen LogP contribution is -2.46. The highest BCUT2D eigenvalue weighted by molar-refractivity contribution is 4.86. The predicted octanol–water partition coefficient (Wildman–Crippen LogP) is 1.41. The zero-order valence-corrected chi connectivity index (χ0v) is 7.87. The fraction of sp³-hybridized carbons (Fsp3) is 0.800. The van der Waals surface area contributed by atoms with E-state index in [-0.39, 0.29) is 6.61 Å². The van der Waals surface area contributed by atoms with Crippen LogP contribution in [0.5, 0.6) is 0 Å². The summed E-state index contributed by atoms with van der Waals surface area (Å²) in [6, 6.07) is 0.973. The first kappa shape index (κ1) is 9.75. The van der Waals surface area contributed by atoms with Crippen LogP contribution in [0.4, 0.5) is 0 Å². The summed E-state index contributed by atoms with van der Waals surface area (Å²) in [5.41, 5.74) is 0. The molecule has 12 heavy (non-hydrogen) atoms. The molecular weight excluding hydrogens is 150 g/mol. The second kappa shape index (κ2) is 4.63. The summed E-state index contributed by atoms with van der Waals surface area (Å²) in [7, 11) is 0. The number of piperidine rings is 1. The second-order valence-electron chi connectivity index (χ2n) is 3.60. The van der Waals surface area contributed by atoms with Crippen LogP contribution in [-0.2, 0) is 0 Å². The number of aliphatic hydroxyl groups excluding tert-OH is 1. The quantitative estimate of drug-likeness (QED) is 0.646. The molecular formula is C10H19NO. The molecule has 0 aromatic heterocycles. The lowest BCUT2D eigenvalue weighted by Gasteiger charge is -2.39. The van der Waals surface area contributed by atoms with Crippen LogP contribution in [0.3, 0.4) is 0 Å².